The highest BCUT2D eigenvalue weighted by atomic mass is 16.3. The first kappa shape index (κ1) is 19.8. The van der Waals surface area contributed by atoms with E-state index in [2.05, 4.69) is 4.98 Å². The summed E-state index contributed by atoms with van der Waals surface area (Å²) in [5.74, 6) is 0.186. The SMILES string of the molecule is CN(C)C(=O)c1ccc(C2CCCN(C(=O)CC3(O)CCCCC3)C2)nc1. The molecule has 3 rings (SSSR count). The number of pyridine rings is 1. The van der Waals surface area contributed by atoms with Crippen molar-refractivity contribution in [2.45, 2.75) is 62.9 Å². The maximum absolute atomic E-state index is 12.8. The van der Waals surface area contributed by atoms with Gasteiger partial charge < -0.3 is 14.9 Å². The van der Waals surface area contributed by atoms with Crippen LogP contribution in [0.2, 0.25) is 0 Å². The molecular formula is C21H31N3O3. The van der Waals surface area contributed by atoms with Gasteiger partial charge in [0.15, 0.2) is 0 Å². The molecular weight excluding hydrogens is 342 g/mol. The van der Waals surface area contributed by atoms with Crippen LogP contribution in [0.1, 0.15) is 73.3 Å². The second-order valence-electron chi connectivity index (χ2n) is 8.31. The molecule has 0 aromatic carbocycles. The monoisotopic (exact) mass is 373 g/mol. The maximum atomic E-state index is 12.8. The Balaban J connectivity index is 1.62. The lowest BCUT2D eigenvalue weighted by Gasteiger charge is -2.37. The van der Waals surface area contributed by atoms with Crippen LogP contribution in [0.3, 0.4) is 0 Å². The summed E-state index contributed by atoms with van der Waals surface area (Å²) in [6.07, 6.45) is 8.43. The van der Waals surface area contributed by atoms with Gasteiger partial charge >= 0.3 is 0 Å². The molecule has 1 unspecified atom stereocenters. The molecule has 0 radical (unpaired) electrons. The van der Waals surface area contributed by atoms with Gasteiger partial charge in [-0.2, -0.15) is 0 Å². The van der Waals surface area contributed by atoms with Crippen LogP contribution in [0.25, 0.3) is 0 Å². The van der Waals surface area contributed by atoms with E-state index >= 15 is 0 Å². The van der Waals surface area contributed by atoms with Gasteiger partial charge in [-0.1, -0.05) is 19.3 Å². The number of hydrogen-bond acceptors (Lipinski definition) is 4. The third kappa shape index (κ3) is 4.86. The van der Waals surface area contributed by atoms with Gasteiger partial charge in [0.1, 0.15) is 0 Å². The summed E-state index contributed by atoms with van der Waals surface area (Å²) in [5.41, 5.74) is 0.695. The molecule has 1 aliphatic heterocycles. The number of aromatic nitrogens is 1. The normalized spacial score (nSPS) is 22.3. The van der Waals surface area contributed by atoms with Crippen molar-refractivity contribution in [1.82, 2.24) is 14.8 Å². The molecule has 1 aromatic heterocycles. The number of likely N-dealkylation sites (tertiary alicyclic amines) is 1. The largest absolute Gasteiger partial charge is 0.389 e. The smallest absolute Gasteiger partial charge is 0.254 e. The van der Waals surface area contributed by atoms with E-state index < -0.39 is 5.60 Å². The van der Waals surface area contributed by atoms with E-state index in [1.54, 1.807) is 20.3 Å². The molecule has 2 heterocycles. The molecule has 0 bridgehead atoms. The van der Waals surface area contributed by atoms with Gasteiger partial charge in [-0.05, 0) is 37.8 Å². The van der Waals surface area contributed by atoms with Crippen molar-refractivity contribution in [1.29, 1.82) is 0 Å². The summed E-state index contributed by atoms with van der Waals surface area (Å²) >= 11 is 0. The number of hydrogen-bond donors (Lipinski definition) is 1. The van der Waals surface area contributed by atoms with Gasteiger partial charge in [-0.3, -0.25) is 14.6 Å². The second-order valence-corrected chi connectivity index (χ2v) is 8.31. The fourth-order valence-electron chi connectivity index (χ4n) is 4.26. The minimum atomic E-state index is -0.811. The topological polar surface area (TPSA) is 73.7 Å². The van der Waals surface area contributed by atoms with Gasteiger partial charge in [0.05, 0.1) is 17.6 Å². The standard InChI is InChI=1S/C21H31N3O3/c1-23(2)20(26)16-8-9-18(22-14-16)17-7-6-12-24(15-17)19(25)13-21(27)10-4-3-5-11-21/h8-9,14,17,27H,3-7,10-13,15H2,1-2H3. The number of piperidine rings is 1. The lowest BCUT2D eigenvalue weighted by Crippen LogP contribution is -2.44. The summed E-state index contributed by atoms with van der Waals surface area (Å²) in [4.78, 5) is 32.7. The highest BCUT2D eigenvalue weighted by Gasteiger charge is 2.35. The van der Waals surface area contributed by atoms with Crippen LogP contribution in [0.5, 0.6) is 0 Å². The number of rotatable bonds is 4. The zero-order chi connectivity index (χ0) is 19.4. The molecule has 1 saturated heterocycles. The van der Waals surface area contributed by atoms with Crippen molar-refractivity contribution < 1.29 is 14.7 Å². The van der Waals surface area contributed by atoms with Gasteiger partial charge in [0.25, 0.3) is 5.91 Å². The molecule has 2 aliphatic rings. The predicted molar refractivity (Wildman–Crippen MR) is 103 cm³/mol. The maximum Gasteiger partial charge on any atom is 0.254 e. The first-order valence-corrected chi connectivity index (χ1v) is 10.1. The van der Waals surface area contributed by atoms with Crippen molar-refractivity contribution in [3.8, 4) is 0 Å². The van der Waals surface area contributed by atoms with E-state index in [1.807, 2.05) is 17.0 Å². The van der Waals surface area contributed by atoms with Crippen molar-refractivity contribution >= 4 is 11.8 Å². The van der Waals surface area contributed by atoms with Gasteiger partial charge in [0.2, 0.25) is 5.91 Å². The van der Waals surface area contributed by atoms with E-state index in [9.17, 15) is 14.7 Å². The Kier molecular flexibility index (Phi) is 6.15. The summed E-state index contributed by atoms with van der Waals surface area (Å²) in [7, 11) is 3.45. The Bertz CT molecular complexity index is 666. The van der Waals surface area contributed by atoms with Crippen LogP contribution in [0, 0.1) is 0 Å². The Morgan fingerprint density at radius 2 is 1.96 bits per heavy atom. The zero-order valence-electron chi connectivity index (χ0n) is 16.5. The van der Waals surface area contributed by atoms with Crippen molar-refractivity contribution in [3.05, 3.63) is 29.6 Å². The molecule has 2 amide bonds. The third-order valence-electron chi connectivity index (χ3n) is 5.90. The first-order valence-electron chi connectivity index (χ1n) is 10.1. The molecule has 27 heavy (non-hydrogen) atoms. The van der Waals surface area contributed by atoms with E-state index in [0.29, 0.717) is 12.1 Å². The van der Waals surface area contributed by atoms with E-state index in [-0.39, 0.29) is 24.2 Å². The van der Waals surface area contributed by atoms with Crippen molar-refractivity contribution in [2.24, 2.45) is 0 Å². The molecule has 6 nitrogen and oxygen atoms in total. The van der Waals surface area contributed by atoms with Crippen LogP contribution in [0.4, 0.5) is 0 Å². The number of aliphatic hydroxyl groups is 1. The molecule has 1 atom stereocenters. The molecule has 1 N–H and O–H groups in total. The number of amides is 2. The predicted octanol–water partition coefficient (Wildman–Crippen LogP) is 2.57. The fourth-order valence-corrected chi connectivity index (χ4v) is 4.26. The van der Waals surface area contributed by atoms with E-state index in [1.165, 1.54) is 4.90 Å². The lowest BCUT2D eigenvalue weighted by atomic mass is 9.82. The van der Waals surface area contributed by atoms with Crippen LogP contribution in [-0.4, -0.2) is 64.5 Å². The zero-order valence-corrected chi connectivity index (χ0v) is 16.5. The number of carbonyl (C=O) groups excluding carboxylic acids is 2. The summed E-state index contributed by atoms with van der Waals surface area (Å²) in [6, 6.07) is 3.72. The average molecular weight is 373 g/mol. The highest BCUT2D eigenvalue weighted by molar-refractivity contribution is 5.93. The van der Waals surface area contributed by atoms with E-state index in [4.69, 9.17) is 0 Å². The molecule has 0 spiro atoms. The van der Waals surface area contributed by atoms with Gasteiger partial charge in [0, 0.05) is 45.0 Å². The summed E-state index contributed by atoms with van der Waals surface area (Å²) in [6.45, 7) is 1.39. The van der Waals surface area contributed by atoms with Crippen LogP contribution in [-0.2, 0) is 4.79 Å². The Morgan fingerprint density at radius 3 is 2.59 bits per heavy atom. The minimum absolute atomic E-state index is 0.0588. The first-order chi connectivity index (χ1) is 12.9. The Labute approximate surface area is 161 Å². The second kappa shape index (κ2) is 8.38. The molecule has 1 aromatic rings. The van der Waals surface area contributed by atoms with Gasteiger partial charge in [-0.15, -0.1) is 0 Å². The summed E-state index contributed by atoms with van der Waals surface area (Å²) in [5, 5.41) is 10.7. The van der Waals surface area contributed by atoms with Crippen molar-refractivity contribution in [3.63, 3.8) is 0 Å². The van der Waals surface area contributed by atoms with Gasteiger partial charge in [-0.25, -0.2) is 0 Å². The minimum Gasteiger partial charge on any atom is -0.389 e. The molecule has 1 aliphatic carbocycles. The van der Waals surface area contributed by atoms with Crippen LogP contribution >= 0.6 is 0 Å². The lowest BCUT2D eigenvalue weighted by molar-refractivity contribution is -0.139. The van der Waals surface area contributed by atoms with Crippen molar-refractivity contribution in [2.75, 3.05) is 27.2 Å². The fraction of sp³-hybridized carbons (Fsp3) is 0.667. The van der Waals surface area contributed by atoms with Crippen LogP contribution < -0.4 is 0 Å². The Morgan fingerprint density at radius 1 is 1.22 bits per heavy atom. The Hall–Kier alpha value is -1.95. The number of carbonyl (C=O) groups is 2. The highest BCUT2D eigenvalue weighted by Crippen LogP contribution is 2.33. The van der Waals surface area contributed by atoms with E-state index in [0.717, 1.165) is 57.2 Å². The van der Waals surface area contributed by atoms with Crippen LogP contribution in [0.15, 0.2) is 18.3 Å². The number of nitrogens with zero attached hydrogens (tertiary/aromatic N) is 3. The third-order valence-corrected chi connectivity index (χ3v) is 5.90. The molecule has 2 fully saturated rings. The molecule has 1 saturated carbocycles. The summed E-state index contributed by atoms with van der Waals surface area (Å²) < 4.78 is 0. The molecule has 148 valence electrons. The quantitative estimate of drug-likeness (QED) is 0.880. The molecule has 6 heteroatoms. The average Bonchev–Trinajstić information content (AvgIpc) is 2.68.